The molecule has 0 aromatic carbocycles. The van der Waals surface area contributed by atoms with Gasteiger partial charge < -0.3 is 10.2 Å². The number of rotatable bonds is 4. The maximum absolute atomic E-state index is 4.63. The number of hydrogen-bond donors (Lipinski definition) is 1. The first-order chi connectivity index (χ1) is 10.4. The van der Waals surface area contributed by atoms with Crippen molar-refractivity contribution in [3.63, 3.8) is 0 Å². The van der Waals surface area contributed by atoms with E-state index in [-0.39, 0.29) is 0 Å². The molecule has 1 aliphatic rings. The summed E-state index contributed by atoms with van der Waals surface area (Å²) in [6.07, 6.45) is 8.72. The Morgan fingerprint density at radius 3 is 2.57 bits per heavy atom. The summed E-state index contributed by atoms with van der Waals surface area (Å²) in [6.45, 7) is 2.80. The molecule has 2 aromatic heterocycles. The second-order valence-electron chi connectivity index (χ2n) is 5.32. The molecule has 110 valence electrons. The molecule has 2 aromatic rings. The summed E-state index contributed by atoms with van der Waals surface area (Å²) < 4.78 is 0. The molecule has 3 heterocycles. The van der Waals surface area contributed by atoms with E-state index < -0.39 is 0 Å². The standard InChI is InChI=1S/C16H21N5/c1-2-6-12-21(11-5-1)16-18-10-8-15(20-16)19-13-14-7-3-4-9-17-14/h3-4,7-10H,1-2,5-6,11-13H2,(H,18,19,20). The third-order valence-electron chi connectivity index (χ3n) is 3.71. The molecule has 0 spiro atoms. The van der Waals surface area contributed by atoms with E-state index >= 15 is 0 Å². The van der Waals surface area contributed by atoms with Crippen LogP contribution in [-0.2, 0) is 6.54 Å². The Hall–Kier alpha value is -2.17. The Morgan fingerprint density at radius 1 is 0.952 bits per heavy atom. The molecule has 0 bridgehead atoms. The van der Waals surface area contributed by atoms with Crippen molar-refractivity contribution in [2.75, 3.05) is 23.3 Å². The lowest BCUT2D eigenvalue weighted by molar-refractivity contribution is 0.726. The van der Waals surface area contributed by atoms with Gasteiger partial charge in [-0.2, -0.15) is 4.98 Å². The van der Waals surface area contributed by atoms with Crippen LogP contribution in [0.4, 0.5) is 11.8 Å². The molecular formula is C16H21N5. The molecule has 1 aliphatic heterocycles. The smallest absolute Gasteiger partial charge is 0.227 e. The third kappa shape index (κ3) is 3.90. The first kappa shape index (κ1) is 13.8. The SMILES string of the molecule is c1ccc(CNc2ccnc(N3CCCCCC3)n2)nc1. The zero-order chi connectivity index (χ0) is 14.3. The molecular weight excluding hydrogens is 262 g/mol. The number of pyridine rings is 1. The molecule has 21 heavy (non-hydrogen) atoms. The summed E-state index contributed by atoms with van der Waals surface area (Å²) >= 11 is 0. The van der Waals surface area contributed by atoms with Gasteiger partial charge in [0.2, 0.25) is 5.95 Å². The van der Waals surface area contributed by atoms with Gasteiger partial charge in [-0.1, -0.05) is 18.9 Å². The highest BCUT2D eigenvalue weighted by Crippen LogP contribution is 2.16. The average molecular weight is 283 g/mol. The Bertz CT molecular complexity index is 550. The summed E-state index contributed by atoms with van der Waals surface area (Å²) in [5.41, 5.74) is 1.01. The fourth-order valence-corrected chi connectivity index (χ4v) is 2.55. The van der Waals surface area contributed by atoms with Gasteiger partial charge in [0.05, 0.1) is 12.2 Å². The van der Waals surface area contributed by atoms with Crippen LogP contribution in [0.2, 0.25) is 0 Å². The molecule has 5 nitrogen and oxygen atoms in total. The highest BCUT2D eigenvalue weighted by atomic mass is 15.3. The lowest BCUT2D eigenvalue weighted by Gasteiger charge is -2.20. The predicted molar refractivity (Wildman–Crippen MR) is 84.3 cm³/mol. The van der Waals surface area contributed by atoms with Crippen LogP contribution in [0.1, 0.15) is 31.4 Å². The number of nitrogens with one attached hydrogen (secondary N) is 1. The van der Waals surface area contributed by atoms with Crippen molar-refractivity contribution in [2.24, 2.45) is 0 Å². The monoisotopic (exact) mass is 283 g/mol. The van der Waals surface area contributed by atoms with Gasteiger partial charge in [0.15, 0.2) is 0 Å². The highest BCUT2D eigenvalue weighted by Gasteiger charge is 2.12. The Morgan fingerprint density at radius 2 is 1.81 bits per heavy atom. The molecule has 0 aliphatic carbocycles. The van der Waals surface area contributed by atoms with E-state index in [4.69, 9.17) is 0 Å². The largest absolute Gasteiger partial charge is 0.364 e. The van der Waals surface area contributed by atoms with E-state index in [0.717, 1.165) is 30.5 Å². The minimum Gasteiger partial charge on any atom is -0.364 e. The van der Waals surface area contributed by atoms with Crippen molar-refractivity contribution in [1.82, 2.24) is 15.0 Å². The van der Waals surface area contributed by atoms with Crippen molar-refractivity contribution < 1.29 is 0 Å². The van der Waals surface area contributed by atoms with Crippen LogP contribution in [0.3, 0.4) is 0 Å². The molecule has 3 rings (SSSR count). The minimum atomic E-state index is 0.678. The van der Waals surface area contributed by atoms with E-state index in [1.165, 1.54) is 25.7 Å². The highest BCUT2D eigenvalue weighted by molar-refractivity contribution is 5.41. The fourth-order valence-electron chi connectivity index (χ4n) is 2.55. The van der Waals surface area contributed by atoms with Crippen molar-refractivity contribution >= 4 is 11.8 Å². The summed E-state index contributed by atoms with van der Waals surface area (Å²) in [5, 5.41) is 3.32. The van der Waals surface area contributed by atoms with E-state index in [2.05, 4.69) is 25.2 Å². The second kappa shape index (κ2) is 7.02. The molecule has 5 heteroatoms. The molecule has 0 radical (unpaired) electrons. The summed E-state index contributed by atoms with van der Waals surface area (Å²) in [5.74, 6) is 1.69. The van der Waals surface area contributed by atoms with E-state index in [9.17, 15) is 0 Å². The Labute approximate surface area is 125 Å². The Balaban J connectivity index is 1.65. The number of nitrogens with zero attached hydrogens (tertiary/aromatic N) is 4. The maximum Gasteiger partial charge on any atom is 0.227 e. The third-order valence-corrected chi connectivity index (χ3v) is 3.71. The molecule has 1 N–H and O–H groups in total. The topological polar surface area (TPSA) is 53.9 Å². The predicted octanol–water partition coefficient (Wildman–Crippen LogP) is 2.86. The van der Waals surface area contributed by atoms with Gasteiger partial charge in [-0.3, -0.25) is 4.98 Å². The van der Waals surface area contributed by atoms with E-state index in [1.54, 1.807) is 6.20 Å². The first-order valence-corrected chi connectivity index (χ1v) is 7.63. The maximum atomic E-state index is 4.63. The summed E-state index contributed by atoms with van der Waals surface area (Å²) in [4.78, 5) is 15.6. The normalized spacial score (nSPS) is 15.5. The van der Waals surface area contributed by atoms with E-state index in [1.807, 2.05) is 30.5 Å². The molecule has 0 amide bonds. The van der Waals surface area contributed by atoms with Gasteiger partial charge >= 0.3 is 0 Å². The average Bonchev–Trinajstić information content (AvgIpc) is 2.83. The molecule has 0 saturated carbocycles. The van der Waals surface area contributed by atoms with Crippen LogP contribution < -0.4 is 10.2 Å². The van der Waals surface area contributed by atoms with Crippen molar-refractivity contribution in [3.8, 4) is 0 Å². The van der Waals surface area contributed by atoms with Crippen LogP contribution in [0.5, 0.6) is 0 Å². The molecule has 1 fully saturated rings. The molecule has 1 saturated heterocycles. The Kier molecular flexibility index (Phi) is 4.61. The lowest BCUT2D eigenvalue weighted by Crippen LogP contribution is -2.26. The first-order valence-electron chi connectivity index (χ1n) is 7.63. The molecule has 0 unspecified atom stereocenters. The van der Waals surface area contributed by atoms with Gasteiger partial charge in [-0.05, 0) is 31.0 Å². The van der Waals surface area contributed by atoms with Crippen LogP contribution in [0.25, 0.3) is 0 Å². The van der Waals surface area contributed by atoms with Crippen LogP contribution in [-0.4, -0.2) is 28.0 Å². The molecule has 0 atom stereocenters. The van der Waals surface area contributed by atoms with Crippen LogP contribution in [0, 0.1) is 0 Å². The summed E-state index contributed by atoms with van der Waals surface area (Å²) in [6, 6.07) is 7.83. The second-order valence-corrected chi connectivity index (χ2v) is 5.32. The van der Waals surface area contributed by atoms with Crippen molar-refractivity contribution in [2.45, 2.75) is 32.2 Å². The quantitative estimate of drug-likeness (QED) is 0.935. The van der Waals surface area contributed by atoms with Gasteiger partial charge in [0, 0.05) is 25.5 Å². The number of anilines is 2. The fraction of sp³-hybridized carbons (Fsp3) is 0.438. The van der Waals surface area contributed by atoms with Crippen molar-refractivity contribution in [1.29, 1.82) is 0 Å². The minimum absolute atomic E-state index is 0.678. The zero-order valence-corrected chi connectivity index (χ0v) is 12.2. The van der Waals surface area contributed by atoms with Gasteiger partial charge in [0.1, 0.15) is 5.82 Å². The summed E-state index contributed by atoms with van der Waals surface area (Å²) in [7, 11) is 0. The van der Waals surface area contributed by atoms with E-state index in [0.29, 0.717) is 6.54 Å². The zero-order valence-electron chi connectivity index (χ0n) is 12.2. The lowest BCUT2D eigenvalue weighted by atomic mass is 10.2. The number of hydrogen-bond acceptors (Lipinski definition) is 5. The van der Waals surface area contributed by atoms with Crippen LogP contribution >= 0.6 is 0 Å². The van der Waals surface area contributed by atoms with Crippen molar-refractivity contribution in [3.05, 3.63) is 42.4 Å². The van der Waals surface area contributed by atoms with Gasteiger partial charge in [-0.15, -0.1) is 0 Å². The van der Waals surface area contributed by atoms with Crippen LogP contribution in [0.15, 0.2) is 36.7 Å². The number of aromatic nitrogens is 3. The van der Waals surface area contributed by atoms with Gasteiger partial charge in [0.25, 0.3) is 0 Å². The van der Waals surface area contributed by atoms with Gasteiger partial charge in [-0.25, -0.2) is 4.98 Å².